The Labute approximate surface area is 215 Å². The lowest BCUT2D eigenvalue weighted by molar-refractivity contribution is -0.127. The number of amides is 2. The zero-order valence-corrected chi connectivity index (χ0v) is 21.5. The summed E-state index contributed by atoms with van der Waals surface area (Å²) in [4.78, 5) is 29.3. The van der Waals surface area contributed by atoms with Crippen LogP contribution in [0.1, 0.15) is 32.6 Å². The summed E-state index contributed by atoms with van der Waals surface area (Å²) >= 11 is 0. The van der Waals surface area contributed by atoms with Gasteiger partial charge in [-0.25, -0.2) is 0 Å². The van der Waals surface area contributed by atoms with Crippen molar-refractivity contribution in [3.8, 4) is 28.6 Å². The molecule has 11 heteroatoms. The highest BCUT2D eigenvalue weighted by Crippen LogP contribution is 2.31. The van der Waals surface area contributed by atoms with Crippen LogP contribution in [0.2, 0.25) is 0 Å². The molecular weight excluding hydrogens is 476 g/mol. The molecule has 0 radical (unpaired) electrons. The largest absolute Gasteiger partial charge is 0.497 e. The predicted octanol–water partition coefficient (Wildman–Crippen LogP) is 2.85. The number of carbonyl (C=O) groups is 2. The summed E-state index contributed by atoms with van der Waals surface area (Å²) in [5.74, 6) is 1.44. The molecule has 1 aromatic heterocycles. The van der Waals surface area contributed by atoms with Crippen molar-refractivity contribution in [2.75, 3.05) is 26.2 Å². The van der Waals surface area contributed by atoms with Crippen LogP contribution in [0.25, 0.3) is 11.4 Å². The second kappa shape index (κ2) is 11.7. The minimum atomic E-state index is -0.756. The molecule has 1 fully saturated rings. The number of nitrogens with one attached hydrogen (secondary N) is 1. The number of methoxy groups -OCH3 is 3. The smallest absolute Gasteiger partial charge is 0.251 e. The lowest BCUT2D eigenvalue weighted by Gasteiger charge is -2.29. The fourth-order valence-corrected chi connectivity index (χ4v) is 4.45. The number of benzene rings is 2. The van der Waals surface area contributed by atoms with E-state index in [2.05, 4.69) is 20.7 Å². The van der Waals surface area contributed by atoms with E-state index in [1.165, 1.54) is 9.70 Å². The molecule has 1 atom stereocenters. The molecule has 196 valence electrons. The second-order valence-corrected chi connectivity index (χ2v) is 8.84. The molecule has 0 saturated heterocycles. The van der Waals surface area contributed by atoms with E-state index in [0.29, 0.717) is 34.3 Å². The monoisotopic (exact) mass is 508 g/mol. The molecule has 37 heavy (non-hydrogen) atoms. The van der Waals surface area contributed by atoms with Crippen LogP contribution in [0.5, 0.6) is 17.2 Å². The molecule has 1 heterocycles. The number of anilines is 1. The molecule has 4 rings (SSSR count). The zero-order valence-electron chi connectivity index (χ0n) is 21.5. The molecule has 2 aromatic carbocycles. The average molecular weight is 509 g/mol. The Balaban J connectivity index is 1.56. The second-order valence-electron chi connectivity index (χ2n) is 8.84. The van der Waals surface area contributed by atoms with Gasteiger partial charge in [0.15, 0.2) is 11.5 Å². The Hall–Kier alpha value is -4.15. The molecule has 1 aliphatic rings. The van der Waals surface area contributed by atoms with E-state index in [0.717, 1.165) is 25.7 Å². The number of carbonyl (C=O) groups excluding carboxylic acids is 2. The van der Waals surface area contributed by atoms with Crippen LogP contribution >= 0.6 is 0 Å². The minimum absolute atomic E-state index is 0.137. The average Bonchev–Trinajstić information content (AvgIpc) is 3.60. The first-order chi connectivity index (χ1) is 17.9. The predicted molar refractivity (Wildman–Crippen MR) is 137 cm³/mol. The molecule has 1 aliphatic carbocycles. The van der Waals surface area contributed by atoms with Crippen molar-refractivity contribution < 1.29 is 23.8 Å². The van der Waals surface area contributed by atoms with E-state index in [4.69, 9.17) is 14.2 Å². The molecule has 0 unspecified atom stereocenters. The van der Waals surface area contributed by atoms with Gasteiger partial charge in [-0.2, -0.15) is 4.80 Å². The third-order valence-corrected chi connectivity index (χ3v) is 6.44. The van der Waals surface area contributed by atoms with Crippen LogP contribution < -0.4 is 24.4 Å². The summed E-state index contributed by atoms with van der Waals surface area (Å²) in [5.41, 5.74) is 1.20. The first kappa shape index (κ1) is 25.9. The van der Waals surface area contributed by atoms with Gasteiger partial charge in [0.1, 0.15) is 18.3 Å². The summed E-state index contributed by atoms with van der Waals surface area (Å²) in [5, 5.41) is 15.6. The quantitative estimate of drug-likeness (QED) is 0.444. The number of nitrogens with zero attached hydrogens (tertiary/aromatic N) is 5. The molecule has 1 N–H and O–H groups in total. The topological polar surface area (TPSA) is 121 Å². The lowest BCUT2D eigenvalue weighted by atomic mass is 10.1. The third-order valence-electron chi connectivity index (χ3n) is 6.44. The van der Waals surface area contributed by atoms with Gasteiger partial charge in [0, 0.05) is 23.4 Å². The number of aromatic nitrogens is 4. The summed E-state index contributed by atoms with van der Waals surface area (Å²) in [6.07, 6.45) is 4.09. The highest BCUT2D eigenvalue weighted by atomic mass is 16.5. The Kier molecular flexibility index (Phi) is 8.22. The van der Waals surface area contributed by atoms with Crippen LogP contribution in [0.3, 0.4) is 0 Å². The van der Waals surface area contributed by atoms with E-state index in [1.54, 1.807) is 70.7 Å². The van der Waals surface area contributed by atoms with Crippen molar-refractivity contribution in [3.63, 3.8) is 0 Å². The first-order valence-corrected chi connectivity index (χ1v) is 12.2. The van der Waals surface area contributed by atoms with Gasteiger partial charge in [-0.1, -0.05) is 18.9 Å². The van der Waals surface area contributed by atoms with Crippen LogP contribution in [-0.2, 0) is 16.1 Å². The normalized spacial score (nSPS) is 14.2. The third kappa shape index (κ3) is 5.99. The Morgan fingerprint density at radius 3 is 2.51 bits per heavy atom. The van der Waals surface area contributed by atoms with Crippen LogP contribution in [0, 0.1) is 0 Å². The van der Waals surface area contributed by atoms with Crippen molar-refractivity contribution in [1.82, 2.24) is 25.5 Å². The Bertz CT molecular complexity index is 1240. The summed E-state index contributed by atoms with van der Waals surface area (Å²) < 4.78 is 16.0. The fraction of sp³-hybridized carbons (Fsp3) is 0.423. The Morgan fingerprint density at radius 1 is 1.05 bits per heavy atom. The molecular formula is C26H32N6O5. The van der Waals surface area contributed by atoms with Gasteiger partial charge in [-0.3, -0.25) is 14.5 Å². The number of rotatable bonds is 10. The van der Waals surface area contributed by atoms with Gasteiger partial charge >= 0.3 is 0 Å². The van der Waals surface area contributed by atoms with Crippen molar-refractivity contribution in [3.05, 3.63) is 42.5 Å². The van der Waals surface area contributed by atoms with Gasteiger partial charge < -0.3 is 19.5 Å². The van der Waals surface area contributed by atoms with Gasteiger partial charge in [0.25, 0.3) is 5.91 Å². The summed E-state index contributed by atoms with van der Waals surface area (Å²) in [7, 11) is 4.65. The highest BCUT2D eigenvalue weighted by molar-refractivity contribution is 6.00. The van der Waals surface area contributed by atoms with E-state index >= 15 is 0 Å². The summed E-state index contributed by atoms with van der Waals surface area (Å²) in [6, 6.07) is 11.7. The number of hydrogen-bond acceptors (Lipinski definition) is 8. The highest BCUT2D eigenvalue weighted by Gasteiger charge is 2.30. The lowest BCUT2D eigenvalue weighted by Crippen LogP contribution is -2.51. The van der Waals surface area contributed by atoms with Crippen LogP contribution in [0.4, 0.5) is 5.69 Å². The van der Waals surface area contributed by atoms with Crippen molar-refractivity contribution >= 4 is 17.5 Å². The van der Waals surface area contributed by atoms with Gasteiger partial charge in [0.05, 0.1) is 21.3 Å². The maximum absolute atomic E-state index is 13.6. The maximum atomic E-state index is 13.6. The molecule has 0 spiro atoms. The van der Waals surface area contributed by atoms with Gasteiger partial charge in [0.2, 0.25) is 11.7 Å². The molecule has 2 amide bonds. The van der Waals surface area contributed by atoms with E-state index in [1.807, 2.05) is 0 Å². The van der Waals surface area contributed by atoms with Crippen molar-refractivity contribution in [2.45, 2.75) is 51.2 Å². The van der Waals surface area contributed by atoms with Gasteiger partial charge in [-0.15, -0.1) is 10.2 Å². The molecule has 11 nitrogen and oxygen atoms in total. The number of ether oxygens (including phenoxy) is 3. The number of hydrogen-bond donors (Lipinski definition) is 1. The van der Waals surface area contributed by atoms with Crippen molar-refractivity contribution in [2.24, 2.45) is 0 Å². The minimum Gasteiger partial charge on any atom is -0.497 e. The molecule has 3 aromatic rings. The summed E-state index contributed by atoms with van der Waals surface area (Å²) in [6.45, 7) is 1.50. The molecule has 0 bridgehead atoms. The number of tetrazole rings is 1. The van der Waals surface area contributed by atoms with E-state index in [-0.39, 0.29) is 24.4 Å². The SMILES string of the molecule is COc1cccc(N(C(=O)Cn2nnc(-c3ccc(OC)c(OC)c3)n2)[C@H](C)C(=O)NC2CCCC2)c1. The van der Waals surface area contributed by atoms with Gasteiger partial charge in [-0.05, 0) is 55.3 Å². The van der Waals surface area contributed by atoms with Crippen LogP contribution in [0.15, 0.2) is 42.5 Å². The van der Waals surface area contributed by atoms with E-state index < -0.39 is 6.04 Å². The zero-order chi connectivity index (χ0) is 26.4. The van der Waals surface area contributed by atoms with E-state index in [9.17, 15) is 9.59 Å². The molecule has 0 aliphatic heterocycles. The van der Waals surface area contributed by atoms with Crippen LogP contribution in [-0.4, -0.2) is 65.4 Å². The standard InChI is InChI=1S/C26H32N6O5/c1-17(26(34)27-19-8-5-6-9-19)32(20-10-7-11-21(15-20)35-2)24(33)16-31-29-25(28-30-31)18-12-13-22(36-3)23(14-18)37-4/h7,10-15,17,19H,5-6,8-9,16H2,1-4H3,(H,27,34)/t17-/m1/s1. The fourth-order valence-electron chi connectivity index (χ4n) is 4.45. The maximum Gasteiger partial charge on any atom is 0.251 e. The first-order valence-electron chi connectivity index (χ1n) is 12.2. The van der Waals surface area contributed by atoms with Crippen molar-refractivity contribution in [1.29, 1.82) is 0 Å². The Morgan fingerprint density at radius 2 is 1.81 bits per heavy atom. The molecule has 1 saturated carbocycles.